The lowest BCUT2D eigenvalue weighted by Gasteiger charge is -2.15. The third-order valence-corrected chi connectivity index (χ3v) is 5.10. The Labute approximate surface area is 173 Å². The number of hydrogen-bond donors (Lipinski definition) is 2. The standard InChI is InChI=1S/C20H29N5.HI/c1-4-14-9-8-10-15(5-2)19(14)23-20(21)22-13-18-16-11-6-7-12-17(16)24-25(18)3;/h8-10H,4-7,11-13H2,1-3H3,(H3,21,22,23);1H. The highest BCUT2D eigenvalue weighted by Crippen LogP contribution is 2.25. The van der Waals surface area contributed by atoms with Gasteiger partial charge in [0.2, 0.25) is 0 Å². The normalized spacial score (nSPS) is 13.9. The van der Waals surface area contributed by atoms with E-state index in [2.05, 4.69) is 47.5 Å². The van der Waals surface area contributed by atoms with E-state index in [0.717, 1.165) is 31.4 Å². The Morgan fingerprint density at radius 2 is 1.85 bits per heavy atom. The predicted octanol–water partition coefficient (Wildman–Crippen LogP) is 3.97. The number of anilines is 1. The SMILES string of the molecule is CCc1cccc(CC)c1NC(N)=NCc1c2c(nn1C)CCCC2.I. The fourth-order valence-corrected chi connectivity index (χ4v) is 3.68. The number of aryl methyl sites for hydroxylation is 4. The molecule has 0 amide bonds. The van der Waals surface area contributed by atoms with E-state index < -0.39 is 0 Å². The molecule has 0 atom stereocenters. The Bertz CT molecular complexity index is 756. The van der Waals surface area contributed by atoms with Crippen LogP contribution in [0.25, 0.3) is 0 Å². The molecule has 6 heteroatoms. The number of guanidine groups is 1. The second-order valence-electron chi connectivity index (χ2n) is 6.69. The van der Waals surface area contributed by atoms with E-state index in [1.165, 1.54) is 40.9 Å². The number of aromatic nitrogens is 2. The van der Waals surface area contributed by atoms with Gasteiger partial charge in [0.25, 0.3) is 0 Å². The van der Waals surface area contributed by atoms with E-state index in [0.29, 0.717) is 12.5 Å². The lowest BCUT2D eigenvalue weighted by atomic mass is 9.96. The van der Waals surface area contributed by atoms with Crippen LogP contribution in [0.5, 0.6) is 0 Å². The smallest absolute Gasteiger partial charge is 0.193 e. The number of aliphatic imine (C=N–C) groups is 1. The van der Waals surface area contributed by atoms with Crippen LogP contribution >= 0.6 is 24.0 Å². The van der Waals surface area contributed by atoms with Gasteiger partial charge < -0.3 is 11.1 Å². The van der Waals surface area contributed by atoms with Crippen molar-refractivity contribution in [3.8, 4) is 0 Å². The fourth-order valence-electron chi connectivity index (χ4n) is 3.68. The minimum atomic E-state index is 0. The molecule has 0 unspecified atom stereocenters. The van der Waals surface area contributed by atoms with Crippen LogP contribution in [-0.2, 0) is 39.3 Å². The third kappa shape index (κ3) is 4.39. The van der Waals surface area contributed by atoms with Gasteiger partial charge in [0.1, 0.15) is 0 Å². The molecule has 1 aliphatic carbocycles. The minimum Gasteiger partial charge on any atom is -0.370 e. The van der Waals surface area contributed by atoms with E-state index in [9.17, 15) is 0 Å². The molecule has 1 aliphatic rings. The van der Waals surface area contributed by atoms with Crippen LogP contribution in [0.4, 0.5) is 5.69 Å². The topological polar surface area (TPSA) is 68.2 Å². The molecule has 2 aromatic rings. The summed E-state index contributed by atoms with van der Waals surface area (Å²) in [6.45, 7) is 4.90. The number of rotatable bonds is 5. The summed E-state index contributed by atoms with van der Waals surface area (Å²) >= 11 is 0. The van der Waals surface area contributed by atoms with Crippen LogP contribution in [0.1, 0.15) is 54.8 Å². The Balaban J connectivity index is 0.00000243. The average Bonchev–Trinajstić information content (AvgIpc) is 2.95. The summed E-state index contributed by atoms with van der Waals surface area (Å²) in [5, 5.41) is 8.00. The average molecular weight is 467 g/mol. The molecule has 0 fully saturated rings. The third-order valence-electron chi connectivity index (χ3n) is 5.10. The van der Waals surface area contributed by atoms with Crippen LogP contribution in [0.2, 0.25) is 0 Å². The van der Waals surface area contributed by atoms with Gasteiger partial charge in [-0.1, -0.05) is 32.0 Å². The molecular formula is C20H30IN5. The van der Waals surface area contributed by atoms with Gasteiger partial charge in [0.15, 0.2) is 5.96 Å². The van der Waals surface area contributed by atoms with Gasteiger partial charge in [-0.3, -0.25) is 4.68 Å². The van der Waals surface area contributed by atoms with Crippen molar-refractivity contribution in [2.75, 3.05) is 5.32 Å². The quantitative estimate of drug-likeness (QED) is 0.397. The Morgan fingerprint density at radius 3 is 2.50 bits per heavy atom. The number of halogens is 1. The summed E-state index contributed by atoms with van der Waals surface area (Å²) in [6, 6.07) is 6.40. The molecule has 0 spiro atoms. The van der Waals surface area contributed by atoms with E-state index >= 15 is 0 Å². The number of para-hydroxylation sites is 1. The molecule has 0 radical (unpaired) electrons. The maximum absolute atomic E-state index is 6.20. The van der Waals surface area contributed by atoms with Crippen molar-refractivity contribution in [2.24, 2.45) is 17.8 Å². The van der Waals surface area contributed by atoms with Crippen molar-refractivity contribution in [1.29, 1.82) is 0 Å². The van der Waals surface area contributed by atoms with Crippen LogP contribution in [0.15, 0.2) is 23.2 Å². The van der Waals surface area contributed by atoms with Gasteiger partial charge >= 0.3 is 0 Å². The van der Waals surface area contributed by atoms with Crippen molar-refractivity contribution in [2.45, 2.75) is 58.9 Å². The molecule has 3 N–H and O–H groups in total. The molecule has 142 valence electrons. The number of hydrogen-bond acceptors (Lipinski definition) is 2. The maximum atomic E-state index is 6.20. The van der Waals surface area contributed by atoms with Crippen LogP contribution in [0, 0.1) is 0 Å². The summed E-state index contributed by atoms with van der Waals surface area (Å²) in [6.07, 6.45) is 6.62. The van der Waals surface area contributed by atoms with Crippen molar-refractivity contribution in [3.05, 3.63) is 46.3 Å². The number of nitrogens with two attached hydrogens (primary N) is 1. The summed E-state index contributed by atoms with van der Waals surface area (Å²) < 4.78 is 1.98. The fraction of sp³-hybridized carbons (Fsp3) is 0.500. The molecule has 3 rings (SSSR count). The zero-order valence-corrected chi connectivity index (χ0v) is 18.3. The monoisotopic (exact) mass is 467 g/mol. The molecule has 26 heavy (non-hydrogen) atoms. The first-order valence-electron chi connectivity index (χ1n) is 9.35. The molecule has 1 heterocycles. The Morgan fingerprint density at radius 1 is 1.19 bits per heavy atom. The number of fused-ring (bicyclic) bond motifs is 1. The zero-order valence-electron chi connectivity index (χ0n) is 16.0. The number of nitrogens with zero attached hydrogens (tertiary/aromatic N) is 3. The van der Waals surface area contributed by atoms with Crippen molar-refractivity contribution in [1.82, 2.24) is 9.78 Å². The molecule has 1 aromatic heterocycles. The van der Waals surface area contributed by atoms with Gasteiger partial charge in [-0.15, -0.1) is 24.0 Å². The second kappa shape index (κ2) is 9.39. The molecule has 0 saturated carbocycles. The van der Waals surface area contributed by atoms with Crippen molar-refractivity contribution in [3.63, 3.8) is 0 Å². The zero-order chi connectivity index (χ0) is 17.8. The summed E-state index contributed by atoms with van der Waals surface area (Å²) in [7, 11) is 2.01. The highest BCUT2D eigenvalue weighted by Gasteiger charge is 2.18. The van der Waals surface area contributed by atoms with Crippen molar-refractivity contribution >= 4 is 35.6 Å². The van der Waals surface area contributed by atoms with E-state index in [-0.39, 0.29) is 24.0 Å². The minimum absolute atomic E-state index is 0. The lowest BCUT2D eigenvalue weighted by molar-refractivity contribution is 0.663. The highest BCUT2D eigenvalue weighted by atomic mass is 127. The van der Waals surface area contributed by atoms with Gasteiger partial charge in [0, 0.05) is 12.7 Å². The predicted molar refractivity (Wildman–Crippen MR) is 119 cm³/mol. The molecule has 1 aromatic carbocycles. The summed E-state index contributed by atoms with van der Waals surface area (Å²) in [5.41, 5.74) is 13.7. The molecule has 5 nitrogen and oxygen atoms in total. The van der Waals surface area contributed by atoms with Gasteiger partial charge in [0.05, 0.1) is 17.9 Å². The lowest BCUT2D eigenvalue weighted by Crippen LogP contribution is -2.24. The molecule has 0 aliphatic heterocycles. The number of nitrogens with one attached hydrogen (secondary N) is 1. The number of benzene rings is 1. The van der Waals surface area contributed by atoms with Gasteiger partial charge in [-0.25, -0.2) is 4.99 Å². The van der Waals surface area contributed by atoms with Gasteiger partial charge in [-0.2, -0.15) is 5.10 Å². The maximum Gasteiger partial charge on any atom is 0.193 e. The van der Waals surface area contributed by atoms with E-state index in [1.807, 2.05) is 11.7 Å². The van der Waals surface area contributed by atoms with Gasteiger partial charge in [-0.05, 0) is 55.2 Å². The molecular weight excluding hydrogens is 437 g/mol. The van der Waals surface area contributed by atoms with Crippen LogP contribution in [0.3, 0.4) is 0 Å². The molecule has 0 saturated heterocycles. The first kappa shape index (κ1) is 20.7. The van der Waals surface area contributed by atoms with E-state index in [1.54, 1.807) is 0 Å². The largest absolute Gasteiger partial charge is 0.370 e. The van der Waals surface area contributed by atoms with Crippen LogP contribution in [-0.4, -0.2) is 15.7 Å². The first-order chi connectivity index (χ1) is 12.1. The summed E-state index contributed by atoms with van der Waals surface area (Å²) in [4.78, 5) is 4.60. The van der Waals surface area contributed by atoms with E-state index in [4.69, 9.17) is 5.73 Å². The second-order valence-corrected chi connectivity index (χ2v) is 6.69. The summed E-state index contributed by atoms with van der Waals surface area (Å²) in [5.74, 6) is 0.473. The Kier molecular flexibility index (Phi) is 7.49. The van der Waals surface area contributed by atoms with Crippen LogP contribution < -0.4 is 11.1 Å². The molecule has 0 bridgehead atoms. The Hall–Kier alpha value is -1.57. The first-order valence-corrected chi connectivity index (χ1v) is 9.35. The highest BCUT2D eigenvalue weighted by molar-refractivity contribution is 14.0. The van der Waals surface area contributed by atoms with Crippen molar-refractivity contribution < 1.29 is 0 Å².